The van der Waals surface area contributed by atoms with Crippen molar-refractivity contribution in [3.05, 3.63) is 67.4 Å². The third-order valence-electron chi connectivity index (χ3n) is 5.91. The molecule has 1 fully saturated rings. The SMILES string of the molecule is OC[C@@H]1CN(c2ccc(Nc3nc(-c4cnc5cc[nH]c5c4)cn4ccnc34)cc2)CCO1. The van der Waals surface area contributed by atoms with Crippen LogP contribution in [0.4, 0.5) is 17.2 Å². The summed E-state index contributed by atoms with van der Waals surface area (Å²) in [7, 11) is 0. The van der Waals surface area contributed by atoms with Gasteiger partial charge < -0.3 is 29.4 Å². The minimum absolute atomic E-state index is 0.0325. The van der Waals surface area contributed by atoms with Crippen molar-refractivity contribution in [3.63, 3.8) is 0 Å². The number of nitrogens with zero attached hydrogens (tertiary/aromatic N) is 5. The van der Waals surface area contributed by atoms with E-state index in [9.17, 15) is 5.11 Å². The Morgan fingerprint density at radius 3 is 2.97 bits per heavy atom. The number of imidazole rings is 1. The van der Waals surface area contributed by atoms with Crippen molar-refractivity contribution in [1.82, 2.24) is 24.3 Å². The molecule has 5 aromatic rings. The highest BCUT2D eigenvalue weighted by atomic mass is 16.5. The number of rotatable bonds is 5. The van der Waals surface area contributed by atoms with Gasteiger partial charge >= 0.3 is 0 Å². The largest absolute Gasteiger partial charge is 0.394 e. The predicted molar refractivity (Wildman–Crippen MR) is 127 cm³/mol. The summed E-state index contributed by atoms with van der Waals surface area (Å²) in [5.74, 6) is 0.670. The minimum Gasteiger partial charge on any atom is -0.394 e. The van der Waals surface area contributed by atoms with Crippen LogP contribution >= 0.6 is 0 Å². The first kappa shape index (κ1) is 19.7. The number of H-pyrrole nitrogens is 1. The van der Waals surface area contributed by atoms with Crippen LogP contribution in [0.1, 0.15) is 0 Å². The molecule has 0 amide bonds. The molecule has 1 atom stereocenters. The number of aliphatic hydroxyl groups is 1. The molecule has 0 radical (unpaired) electrons. The molecule has 1 aromatic carbocycles. The van der Waals surface area contributed by atoms with Crippen LogP contribution in [0.15, 0.2) is 67.4 Å². The molecule has 0 unspecified atom stereocenters. The van der Waals surface area contributed by atoms with Crippen molar-refractivity contribution < 1.29 is 9.84 Å². The lowest BCUT2D eigenvalue weighted by Crippen LogP contribution is -2.44. The van der Waals surface area contributed by atoms with Gasteiger partial charge in [0.05, 0.1) is 36.0 Å². The van der Waals surface area contributed by atoms with E-state index in [0.717, 1.165) is 45.9 Å². The Bertz CT molecular complexity index is 1410. The summed E-state index contributed by atoms with van der Waals surface area (Å²) in [6.07, 6.45) is 9.20. The predicted octanol–water partition coefficient (Wildman–Crippen LogP) is 3.21. The standard InChI is InChI=1S/C24H23N7O2/c32-15-19-13-30(9-10-33-19)18-3-1-17(2-4-18)28-23-24-26-7-8-31(24)14-22(29-23)16-11-21-20(27-12-16)5-6-25-21/h1-8,11-12,14,19,25,32H,9-10,13,15H2,(H,28,29)/t19-/m0/s1. The van der Waals surface area contributed by atoms with E-state index < -0.39 is 0 Å². The molecule has 1 aliphatic rings. The summed E-state index contributed by atoms with van der Waals surface area (Å²) >= 11 is 0. The van der Waals surface area contributed by atoms with Gasteiger partial charge in [0.15, 0.2) is 11.5 Å². The van der Waals surface area contributed by atoms with Gasteiger partial charge in [-0.2, -0.15) is 0 Å². The molecule has 1 aliphatic heterocycles. The van der Waals surface area contributed by atoms with E-state index >= 15 is 0 Å². The number of hydrogen-bond donors (Lipinski definition) is 3. The van der Waals surface area contributed by atoms with Gasteiger partial charge in [0.25, 0.3) is 0 Å². The van der Waals surface area contributed by atoms with Crippen molar-refractivity contribution in [3.8, 4) is 11.3 Å². The second kappa shape index (κ2) is 8.19. The summed E-state index contributed by atoms with van der Waals surface area (Å²) in [6, 6.07) is 12.2. The average Bonchev–Trinajstić information content (AvgIpc) is 3.53. The van der Waals surface area contributed by atoms with Crippen LogP contribution in [0, 0.1) is 0 Å². The second-order valence-corrected chi connectivity index (χ2v) is 8.06. The fourth-order valence-corrected chi connectivity index (χ4v) is 4.19. The van der Waals surface area contributed by atoms with Crippen LogP contribution in [0.5, 0.6) is 0 Å². The number of aromatic amines is 1. The number of aromatic nitrogens is 5. The van der Waals surface area contributed by atoms with Crippen LogP contribution in [0.3, 0.4) is 0 Å². The zero-order valence-corrected chi connectivity index (χ0v) is 17.8. The second-order valence-electron chi connectivity index (χ2n) is 8.06. The molecular formula is C24H23N7O2. The van der Waals surface area contributed by atoms with Gasteiger partial charge in [0.2, 0.25) is 0 Å². The van der Waals surface area contributed by atoms with Crippen molar-refractivity contribution in [2.24, 2.45) is 0 Å². The number of aliphatic hydroxyl groups excluding tert-OH is 1. The molecule has 0 saturated carbocycles. The van der Waals surface area contributed by atoms with Crippen molar-refractivity contribution in [1.29, 1.82) is 0 Å². The van der Waals surface area contributed by atoms with Crippen LogP contribution in [-0.4, -0.2) is 61.9 Å². The third-order valence-corrected chi connectivity index (χ3v) is 5.91. The molecular weight excluding hydrogens is 418 g/mol. The molecule has 6 rings (SSSR count). The summed E-state index contributed by atoms with van der Waals surface area (Å²) < 4.78 is 7.51. The number of morpholine rings is 1. The van der Waals surface area contributed by atoms with E-state index in [4.69, 9.17) is 9.72 Å². The first-order valence-corrected chi connectivity index (χ1v) is 10.9. The molecule has 33 heavy (non-hydrogen) atoms. The van der Waals surface area contributed by atoms with Crippen LogP contribution in [0.2, 0.25) is 0 Å². The van der Waals surface area contributed by atoms with Gasteiger partial charge in [-0.1, -0.05) is 0 Å². The van der Waals surface area contributed by atoms with E-state index in [-0.39, 0.29) is 12.7 Å². The Labute approximate surface area is 189 Å². The Hall–Kier alpha value is -3.95. The van der Waals surface area contributed by atoms with Crippen molar-refractivity contribution in [2.45, 2.75) is 6.10 Å². The number of fused-ring (bicyclic) bond motifs is 2. The van der Waals surface area contributed by atoms with E-state index in [1.807, 2.05) is 53.5 Å². The fourth-order valence-electron chi connectivity index (χ4n) is 4.19. The fraction of sp³-hybridized carbons (Fsp3) is 0.208. The molecule has 1 saturated heterocycles. The van der Waals surface area contributed by atoms with Gasteiger partial charge in [-0.25, -0.2) is 9.97 Å². The lowest BCUT2D eigenvalue weighted by atomic mass is 10.2. The van der Waals surface area contributed by atoms with E-state index in [1.165, 1.54) is 0 Å². The van der Waals surface area contributed by atoms with Crippen molar-refractivity contribution in [2.75, 3.05) is 36.5 Å². The lowest BCUT2D eigenvalue weighted by molar-refractivity contribution is 0.00357. The summed E-state index contributed by atoms with van der Waals surface area (Å²) in [4.78, 5) is 19.3. The zero-order chi connectivity index (χ0) is 22.2. The lowest BCUT2D eigenvalue weighted by Gasteiger charge is -2.33. The number of pyridine rings is 1. The Balaban J connectivity index is 1.30. The van der Waals surface area contributed by atoms with E-state index in [1.54, 1.807) is 6.20 Å². The summed E-state index contributed by atoms with van der Waals surface area (Å²) in [5, 5.41) is 12.8. The zero-order valence-electron chi connectivity index (χ0n) is 17.8. The molecule has 4 aromatic heterocycles. The maximum Gasteiger partial charge on any atom is 0.180 e. The summed E-state index contributed by atoms with van der Waals surface area (Å²) in [5.41, 5.74) is 6.37. The molecule has 0 spiro atoms. The highest BCUT2D eigenvalue weighted by Crippen LogP contribution is 2.27. The number of anilines is 3. The molecule has 0 bridgehead atoms. The molecule has 9 nitrogen and oxygen atoms in total. The third kappa shape index (κ3) is 3.77. The number of ether oxygens (including phenoxy) is 1. The van der Waals surface area contributed by atoms with Gasteiger partial charge in [-0.3, -0.25) is 4.98 Å². The quantitative estimate of drug-likeness (QED) is 0.385. The number of benzene rings is 1. The molecule has 5 heterocycles. The van der Waals surface area contributed by atoms with Gasteiger partial charge in [-0.05, 0) is 36.4 Å². The minimum atomic E-state index is -0.142. The van der Waals surface area contributed by atoms with Gasteiger partial charge in [-0.15, -0.1) is 0 Å². The molecule has 0 aliphatic carbocycles. The first-order chi connectivity index (χ1) is 16.3. The summed E-state index contributed by atoms with van der Waals surface area (Å²) in [6.45, 7) is 2.13. The maximum absolute atomic E-state index is 9.40. The Morgan fingerprint density at radius 2 is 2.09 bits per heavy atom. The molecule has 166 valence electrons. The first-order valence-electron chi connectivity index (χ1n) is 10.9. The normalized spacial score (nSPS) is 16.5. The smallest absolute Gasteiger partial charge is 0.180 e. The van der Waals surface area contributed by atoms with Crippen molar-refractivity contribution >= 4 is 33.9 Å². The van der Waals surface area contributed by atoms with Gasteiger partial charge in [0, 0.05) is 61.0 Å². The number of hydrogen-bond acceptors (Lipinski definition) is 7. The topological polar surface area (TPSA) is 104 Å². The molecule has 3 N–H and O–H groups in total. The van der Waals surface area contributed by atoms with E-state index in [0.29, 0.717) is 19.0 Å². The average molecular weight is 441 g/mol. The van der Waals surface area contributed by atoms with Crippen LogP contribution in [0.25, 0.3) is 27.9 Å². The Morgan fingerprint density at radius 1 is 1.18 bits per heavy atom. The Kier molecular flexibility index (Phi) is 4.89. The van der Waals surface area contributed by atoms with Crippen LogP contribution in [-0.2, 0) is 4.74 Å². The highest BCUT2D eigenvalue weighted by Gasteiger charge is 2.20. The highest BCUT2D eigenvalue weighted by molar-refractivity contribution is 5.81. The van der Waals surface area contributed by atoms with Crippen LogP contribution < -0.4 is 10.2 Å². The molecule has 9 heteroatoms. The number of nitrogens with one attached hydrogen (secondary N) is 2. The van der Waals surface area contributed by atoms with E-state index in [2.05, 4.69) is 37.3 Å². The maximum atomic E-state index is 9.40. The monoisotopic (exact) mass is 441 g/mol. The van der Waals surface area contributed by atoms with Gasteiger partial charge in [0.1, 0.15) is 0 Å².